The van der Waals surface area contributed by atoms with Gasteiger partial charge in [-0.2, -0.15) is 0 Å². The fourth-order valence-electron chi connectivity index (χ4n) is 3.03. The molecule has 154 valence electrons. The summed E-state index contributed by atoms with van der Waals surface area (Å²) in [6.45, 7) is 6.50. The summed E-state index contributed by atoms with van der Waals surface area (Å²) >= 11 is 0. The molecule has 1 saturated heterocycles. The Bertz CT molecular complexity index is 551. The number of halogens is 1. The highest BCUT2D eigenvalue weighted by Crippen LogP contribution is 2.15. The van der Waals surface area contributed by atoms with Crippen LogP contribution >= 0.6 is 24.0 Å². The molecule has 2 N–H and O–H groups in total. The molecule has 0 spiro atoms. The van der Waals surface area contributed by atoms with E-state index in [-0.39, 0.29) is 29.9 Å². The van der Waals surface area contributed by atoms with Crippen LogP contribution in [-0.4, -0.2) is 56.6 Å². The van der Waals surface area contributed by atoms with Crippen LogP contribution in [0.25, 0.3) is 0 Å². The first-order valence-electron chi connectivity index (χ1n) is 9.51. The average molecular weight is 492 g/mol. The van der Waals surface area contributed by atoms with E-state index in [4.69, 9.17) is 9.15 Å². The molecular formula is C19H33IN4O3. The summed E-state index contributed by atoms with van der Waals surface area (Å²) in [7, 11) is 1.73. The molecule has 0 radical (unpaired) electrons. The number of amides is 1. The van der Waals surface area contributed by atoms with Gasteiger partial charge in [-0.15, -0.1) is 24.0 Å². The van der Waals surface area contributed by atoms with Gasteiger partial charge >= 0.3 is 0 Å². The van der Waals surface area contributed by atoms with Gasteiger partial charge in [0, 0.05) is 46.3 Å². The minimum atomic E-state index is 0. The number of likely N-dealkylation sites (tertiary alicyclic amines) is 1. The Balaban J connectivity index is 0.00000364. The highest BCUT2D eigenvalue weighted by Gasteiger charge is 2.20. The van der Waals surface area contributed by atoms with Gasteiger partial charge in [0.25, 0.3) is 0 Å². The first-order valence-corrected chi connectivity index (χ1v) is 9.51. The second-order valence-electron chi connectivity index (χ2n) is 6.75. The van der Waals surface area contributed by atoms with Crippen LogP contribution in [0.15, 0.2) is 27.8 Å². The maximum Gasteiger partial charge on any atom is 0.224 e. The lowest BCUT2D eigenvalue weighted by molar-refractivity contribution is -0.132. The average Bonchev–Trinajstić information content (AvgIpc) is 3.16. The molecule has 1 aromatic rings. The number of ether oxygens (including phenoxy) is 1. The predicted molar refractivity (Wildman–Crippen MR) is 117 cm³/mol. The van der Waals surface area contributed by atoms with Gasteiger partial charge in [-0.25, -0.2) is 0 Å². The number of nitrogens with zero attached hydrogens (tertiary/aromatic N) is 2. The lowest BCUT2D eigenvalue weighted by Crippen LogP contribution is -2.42. The maximum atomic E-state index is 12.2. The monoisotopic (exact) mass is 492 g/mol. The molecule has 0 saturated carbocycles. The largest absolute Gasteiger partial charge is 0.467 e. The van der Waals surface area contributed by atoms with E-state index < -0.39 is 0 Å². The summed E-state index contributed by atoms with van der Waals surface area (Å²) in [6, 6.07) is 3.75. The van der Waals surface area contributed by atoms with Gasteiger partial charge in [0.1, 0.15) is 12.4 Å². The first kappa shape index (κ1) is 23.7. The molecule has 1 aliphatic rings. The molecule has 1 aromatic heterocycles. The van der Waals surface area contributed by atoms with Crippen molar-refractivity contribution in [2.45, 2.75) is 39.2 Å². The first-order chi connectivity index (χ1) is 12.7. The Labute approximate surface area is 179 Å². The van der Waals surface area contributed by atoms with Gasteiger partial charge < -0.3 is 24.7 Å². The van der Waals surface area contributed by atoms with Crippen LogP contribution in [0.2, 0.25) is 0 Å². The second kappa shape index (κ2) is 13.8. The van der Waals surface area contributed by atoms with Crippen molar-refractivity contribution < 1.29 is 13.9 Å². The minimum Gasteiger partial charge on any atom is -0.467 e. The molecule has 1 unspecified atom stereocenters. The summed E-state index contributed by atoms with van der Waals surface area (Å²) in [6.07, 6.45) is 5.35. The van der Waals surface area contributed by atoms with Gasteiger partial charge in [-0.3, -0.25) is 9.79 Å². The van der Waals surface area contributed by atoms with Crippen molar-refractivity contribution >= 4 is 35.8 Å². The van der Waals surface area contributed by atoms with Gasteiger partial charge in [0.2, 0.25) is 5.91 Å². The molecule has 1 fully saturated rings. The van der Waals surface area contributed by atoms with Crippen LogP contribution in [0, 0.1) is 5.92 Å². The third kappa shape index (κ3) is 9.46. The van der Waals surface area contributed by atoms with E-state index in [0.717, 1.165) is 44.2 Å². The number of nitrogens with one attached hydrogen (secondary N) is 2. The van der Waals surface area contributed by atoms with Gasteiger partial charge in [-0.05, 0) is 37.3 Å². The topological polar surface area (TPSA) is 79.1 Å². The Morgan fingerprint density at radius 2 is 2.22 bits per heavy atom. The van der Waals surface area contributed by atoms with Crippen LogP contribution in [-0.2, 0) is 16.1 Å². The molecule has 1 atom stereocenters. The Kier molecular flexibility index (Phi) is 12.2. The number of hydrogen-bond donors (Lipinski definition) is 2. The number of hydrogen-bond acceptors (Lipinski definition) is 4. The Morgan fingerprint density at radius 3 is 2.93 bits per heavy atom. The van der Waals surface area contributed by atoms with Crippen LogP contribution < -0.4 is 10.6 Å². The maximum absolute atomic E-state index is 12.2. The molecule has 8 heteroatoms. The van der Waals surface area contributed by atoms with Gasteiger partial charge in [0.15, 0.2) is 5.96 Å². The number of rotatable bonds is 9. The SMILES string of the molecule is CN=C(NCCCOCc1ccco1)NCCC(=O)N1CCCC(C)C1.I. The van der Waals surface area contributed by atoms with Crippen molar-refractivity contribution in [3.63, 3.8) is 0 Å². The summed E-state index contributed by atoms with van der Waals surface area (Å²) < 4.78 is 10.7. The summed E-state index contributed by atoms with van der Waals surface area (Å²) in [5, 5.41) is 6.43. The third-order valence-corrected chi connectivity index (χ3v) is 4.45. The van der Waals surface area contributed by atoms with Gasteiger partial charge in [-0.1, -0.05) is 6.92 Å². The molecule has 1 amide bonds. The standard InChI is InChI=1S/C19H32N4O3.HI/c1-16-6-3-11-23(14-16)18(24)8-10-22-19(20-2)21-9-5-12-25-15-17-7-4-13-26-17;/h4,7,13,16H,3,5-6,8-12,14-15H2,1-2H3,(H2,20,21,22);1H. The van der Waals surface area contributed by atoms with Gasteiger partial charge in [0.05, 0.1) is 6.26 Å². The van der Waals surface area contributed by atoms with E-state index in [2.05, 4.69) is 22.5 Å². The predicted octanol–water partition coefficient (Wildman–Crippen LogP) is 2.62. The van der Waals surface area contributed by atoms with Crippen LogP contribution in [0.1, 0.15) is 38.4 Å². The highest BCUT2D eigenvalue weighted by molar-refractivity contribution is 14.0. The molecule has 27 heavy (non-hydrogen) atoms. The lowest BCUT2D eigenvalue weighted by Gasteiger charge is -2.31. The number of carbonyl (C=O) groups excluding carboxylic acids is 1. The smallest absolute Gasteiger partial charge is 0.224 e. The summed E-state index contributed by atoms with van der Waals surface area (Å²) in [5.41, 5.74) is 0. The van der Waals surface area contributed by atoms with Crippen molar-refractivity contribution in [1.82, 2.24) is 15.5 Å². The lowest BCUT2D eigenvalue weighted by atomic mass is 10.00. The Morgan fingerprint density at radius 1 is 1.41 bits per heavy atom. The van der Waals surface area contributed by atoms with E-state index in [9.17, 15) is 4.79 Å². The van der Waals surface area contributed by atoms with E-state index in [1.807, 2.05) is 17.0 Å². The molecule has 7 nitrogen and oxygen atoms in total. The zero-order valence-corrected chi connectivity index (χ0v) is 18.7. The molecule has 1 aliphatic heterocycles. The number of piperidine rings is 1. The molecular weight excluding hydrogens is 459 g/mol. The van der Waals surface area contributed by atoms with E-state index in [1.54, 1.807) is 13.3 Å². The third-order valence-electron chi connectivity index (χ3n) is 4.45. The van der Waals surface area contributed by atoms with Crippen molar-refractivity contribution in [1.29, 1.82) is 0 Å². The van der Waals surface area contributed by atoms with E-state index >= 15 is 0 Å². The van der Waals surface area contributed by atoms with Crippen LogP contribution in [0.3, 0.4) is 0 Å². The highest BCUT2D eigenvalue weighted by atomic mass is 127. The molecule has 2 heterocycles. The molecule has 0 bridgehead atoms. The summed E-state index contributed by atoms with van der Waals surface area (Å²) in [5.74, 6) is 2.40. The van der Waals surface area contributed by atoms with E-state index in [0.29, 0.717) is 32.1 Å². The fourth-order valence-corrected chi connectivity index (χ4v) is 3.03. The van der Waals surface area contributed by atoms with E-state index in [1.165, 1.54) is 6.42 Å². The molecule has 2 rings (SSSR count). The van der Waals surface area contributed by atoms with Crippen molar-refractivity contribution in [2.75, 3.05) is 39.8 Å². The zero-order valence-electron chi connectivity index (χ0n) is 16.4. The van der Waals surface area contributed by atoms with Crippen molar-refractivity contribution in [3.05, 3.63) is 24.2 Å². The number of carbonyl (C=O) groups is 1. The van der Waals surface area contributed by atoms with Crippen molar-refractivity contribution in [3.8, 4) is 0 Å². The fraction of sp³-hybridized carbons (Fsp3) is 0.684. The Hall–Kier alpha value is -1.29. The molecule has 0 aliphatic carbocycles. The second-order valence-corrected chi connectivity index (χ2v) is 6.75. The molecule has 0 aromatic carbocycles. The van der Waals surface area contributed by atoms with Crippen LogP contribution in [0.4, 0.5) is 0 Å². The number of furan rings is 1. The van der Waals surface area contributed by atoms with Crippen molar-refractivity contribution in [2.24, 2.45) is 10.9 Å². The van der Waals surface area contributed by atoms with Crippen LogP contribution in [0.5, 0.6) is 0 Å². The normalized spacial score (nSPS) is 17.3. The summed E-state index contributed by atoms with van der Waals surface area (Å²) in [4.78, 5) is 18.4. The number of aliphatic imine (C=N–C) groups is 1. The minimum absolute atomic E-state index is 0. The zero-order chi connectivity index (χ0) is 18.6. The quantitative estimate of drug-likeness (QED) is 0.240. The number of guanidine groups is 1.